The molecule has 0 aromatic heterocycles. The summed E-state index contributed by atoms with van der Waals surface area (Å²) in [5.41, 5.74) is 0.751. The first-order valence-corrected chi connectivity index (χ1v) is 5.40. The first kappa shape index (κ1) is 14.1. The van der Waals surface area contributed by atoms with Gasteiger partial charge in [0.15, 0.2) is 0 Å². The minimum atomic E-state index is -1.04. The van der Waals surface area contributed by atoms with Gasteiger partial charge >= 0.3 is 5.97 Å². The number of rotatable bonds is 6. The number of methoxy groups -OCH3 is 2. The zero-order valence-corrected chi connectivity index (χ0v) is 10.3. The average Bonchev–Trinajstić information content (AvgIpc) is 2.38. The van der Waals surface area contributed by atoms with Gasteiger partial charge in [-0.15, -0.1) is 0 Å². The van der Waals surface area contributed by atoms with E-state index in [1.165, 1.54) is 26.4 Å². The van der Waals surface area contributed by atoms with Crippen molar-refractivity contribution in [2.75, 3.05) is 20.8 Å². The van der Waals surface area contributed by atoms with Crippen molar-refractivity contribution in [2.45, 2.75) is 6.42 Å². The van der Waals surface area contributed by atoms with E-state index >= 15 is 0 Å². The predicted octanol–water partition coefficient (Wildman–Crippen LogP) is 1.80. The number of hydrogen-bond acceptors (Lipinski definition) is 4. The number of aliphatic hydroxyl groups excluding tert-OH is 1. The van der Waals surface area contributed by atoms with E-state index < -0.39 is 5.97 Å². The normalized spacial score (nSPS) is 10.6. The highest BCUT2D eigenvalue weighted by molar-refractivity contribution is 5.90. The molecular weight excluding hydrogens is 236 g/mol. The van der Waals surface area contributed by atoms with Gasteiger partial charge in [-0.2, -0.15) is 0 Å². The first-order valence-electron chi connectivity index (χ1n) is 5.40. The Morgan fingerprint density at radius 3 is 2.22 bits per heavy atom. The summed E-state index contributed by atoms with van der Waals surface area (Å²) in [6.07, 6.45) is 4.01. The summed E-state index contributed by atoms with van der Waals surface area (Å²) in [6, 6.07) is 2.87. The Labute approximate surface area is 105 Å². The van der Waals surface area contributed by atoms with Crippen molar-refractivity contribution in [3.63, 3.8) is 0 Å². The molecule has 0 radical (unpaired) electrons. The van der Waals surface area contributed by atoms with Crippen molar-refractivity contribution >= 4 is 12.0 Å². The summed E-state index contributed by atoms with van der Waals surface area (Å²) in [5.74, 6) is -0.209. The maximum absolute atomic E-state index is 10.9. The fraction of sp³-hybridized carbons (Fsp3) is 0.308. The minimum Gasteiger partial charge on any atom is -0.496 e. The third-order valence-corrected chi connectivity index (χ3v) is 2.37. The van der Waals surface area contributed by atoms with Gasteiger partial charge in [-0.1, -0.05) is 12.2 Å². The van der Waals surface area contributed by atoms with Crippen LogP contribution >= 0.6 is 0 Å². The quantitative estimate of drug-likeness (QED) is 0.807. The van der Waals surface area contributed by atoms with E-state index in [1.54, 1.807) is 12.2 Å². The third-order valence-electron chi connectivity index (χ3n) is 2.37. The molecule has 0 aliphatic rings. The van der Waals surface area contributed by atoms with Crippen molar-refractivity contribution < 1.29 is 24.5 Å². The molecular formula is C13H16O5. The molecule has 5 nitrogen and oxygen atoms in total. The lowest BCUT2D eigenvalue weighted by atomic mass is 10.1. The molecule has 1 aromatic carbocycles. The number of aliphatic hydroxyl groups is 1. The van der Waals surface area contributed by atoms with Crippen LogP contribution < -0.4 is 9.47 Å². The molecule has 1 aromatic rings. The van der Waals surface area contributed by atoms with Crippen LogP contribution in [0.5, 0.6) is 11.5 Å². The van der Waals surface area contributed by atoms with E-state index in [2.05, 4.69) is 0 Å². The molecule has 1 rings (SSSR count). The van der Waals surface area contributed by atoms with Crippen molar-refractivity contribution in [1.82, 2.24) is 0 Å². The van der Waals surface area contributed by atoms with E-state index in [-0.39, 0.29) is 12.2 Å². The Morgan fingerprint density at radius 2 is 1.83 bits per heavy atom. The van der Waals surface area contributed by atoms with Gasteiger partial charge in [-0.05, 0) is 18.6 Å². The van der Waals surface area contributed by atoms with Crippen LogP contribution in [0.2, 0.25) is 0 Å². The number of hydrogen-bond donors (Lipinski definition) is 2. The summed E-state index contributed by atoms with van der Waals surface area (Å²) in [5, 5.41) is 17.7. The average molecular weight is 252 g/mol. The Hall–Kier alpha value is -2.01. The molecule has 98 valence electrons. The van der Waals surface area contributed by atoms with Crippen molar-refractivity contribution in [1.29, 1.82) is 0 Å². The van der Waals surface area contributed by atoms with Gasteiger partial charge in [-0.3, -0.25) is 0 Å². The highest BCUT2D eigenvalue weighted by Crippen LogP contribution is 2.31. The molecule has 5 heteroatoms. The number of ether oxygens (including phenoxy) is 2. The Balaban J connectivity index is 3.25. The van der Waals surface area contributed by atoms with Crippen LogP contribution in [-0.4, -0.2) is 37.0 Å². The van der Waals surface area contributed by atoms with Gasteiger partial charge in [-0.25, -0.2) is 4.79 Å². The summed E-state index contributed by atoms with van der Waals surface area (Å²) >= 11 is 0. The van der Waals surface area contributed by atoms with Crippen LogP contribution in [0.25, 0.3) is 6.08 Å². The molecule has 0 saturated carbocycles. The van der Waals surface area contributed by atoms with E-state index in [4.69, 9.17) is 19.7 Å². The predicted molar refractivity (Wildman–Crippen MR) is 67.2 cm³/mol. The highest BCUT2D eigenvalue weighted by Gasteiger charge is 2.13. The summed E-state index contributed by atoms with van der Waals surface area (Å²) in [4.78, 5) is 10.9. The van der Waals surface area contributed by atoms with E-state index in [0.717, 1.165) is 0 Å². The second-order valence-corrected chi connectivity index (χ2v) is 3.51. The van der Waals surface area contributed by atoms with Gasteiger partial charge in [0.2, 0.25) is 0 Å². The van der Waals surface area contributed by atoms with Crippen LogP contribution in [-0.2, 0) is 0 Å². The van der Waals surface area contributed by atoms with Gasteiger partial charge in [0.1, 0.15) is 11.5 Å². The van der Waals surface area contributed by atoms with Crippen molar-refractivity contribution in [2.24, 2.45) is 0 Å². The lowest BCUT2D eigenvalue weighted by Crippen LogP contribution is -2.00. The molecule has 0 amide bonds. The van der Waals surface area contributed by atoms with E-state index in [0.29, 0.717) is 23.5 Å². The van der Waals surface area contributed by atoms with E-state index in [9.17, 15) is 4.79 Å². The minimum absolute atomic E-state index is 0.0499. The molecule has 0 heterocycles. The van der Waals surface area contributed by atoms with Crippen molar-refractivity contribution in [3.05, 3.63) is 29.3 Å². The standard InChI is InChI=1S/C13H16O5/c1-17-11-7-9(13(15)16)8-12(18-2)10(11)5-3-4-6-14/h3,5,7-8,14H,4,6H2,1-2H3,(H,15,16). The number of carbonyl (C=O) groups is 1. The Morgan fingerprint density at radius 1 is 1.28 bits per heavy atom. The molecule has 0 atom stereocenters. The first-order chi connectivity index (χ1) is 8.63. The smallest absolute Gasteiger partial charge is 0.335 e. The zero-order chi connectivity index (χ0) is 13.5. The molecule has 0 aliphatic heterocycles. The van der Waals surface area contributed by atoms with Gasteiger partial charge < -0.3 is 19.7 Å². The SMILES string of the molecule is COc1cc(C(=O)O)cc(OC)c1C=CCCO. The topological polar surface area (TPSA) is 76.0 Å². The number of aromatic carboxylic acids is 1. The maximum atomic E-state index is 10.9. The fourth-order valence-electron chi connectivity index (χ4n) is 1.50. The number of benzene rings is 1. The number of carboxylic acids is 1. The lowest BCUT2D eigenvalue weighted by Gasteiger charge is -2.11. The molecule has 0 unspecified atom stereocenters. The largest absolute Gasteiger partial charge is 0.496 e. The highest BCUT2D eigenvalue weighted by atomic mass is 16.5. The van der Waals surface area contributed by atoms with Gasteiger partial charge in [0.25, 0.3) is 0 Å². The molecule has 0 fully saturated rings. The third kappa shape index (κ3) is 3.24. The van der Waals surface area contributed by atoms with Gasteiger partial charge in [0.05, 0.1) is 25.3 Å². The monoisotopic (exact) mass is 252 g/mol. The maximum Gasteiger partial charge on any atom is 0.335 e. The second-order valence-electron chi connectivity index (χ2n) is 3.51. The number of carboxylic acid groups (broad SMARTS) is 1. The molecule has 0 saturated heterocycles. The van der Waals surface area contributed by atoms with Crippen LogP contribution in [0.1, 0.15) is 22.3 Å². The summed E-state index contributed by atoms with van der Waals surface area (Å²) in [7, 11) is 2.92. The Bertz CT molecular complexity index is 426. The van der Waals surface area contributed by atoms with Crippen LogP contribution in [0.15, 0.2) is 18.2 Å². The van der Waals surface area contributed by atoms with Crippen LogP contribution in [0.3, 0.4) is 0 Å². The van der Waals surface area contributed by atoms with E-state index in [1.807, 2.05) is 0 Å². The van der Waals surface area contributed by atoms with Gasteiger partial charge in [0, 0.05) is 6.61 Å². The van der Waals surface area contributed by atoms with Crippen LogP contribution in [0.4, 0.5) is 0 Å². The van der Waals surface area contributed by atoms with Crippen molar-refractivity contribution in [3.8, 4) is 11.5 Å². The summed E-state index contributed by atoms with van der Waals surface area (Å²) < 4.78 is 10.3. The summed E-state index contributed by atoms with van der Waals surface area (Å²) in [6.45, 7) is 0.0499. The fourth-order valence-corrected chi connectivity index (χ4v) is 1.50. The second kappa shape index (κ2) is 6.66. The van der Waals surface area contributed by atoms with Crippen LogP contribution in [0, 0.1) is 0 Å². The zero-order valence-electron chi connectivity index (χ0n) is 10.3. The lowest BCUT2D eigenvalue weighted by molar-refractivity contribution is 0.0696. The Kier molecular flexibility index (Phi) is 5.20. The molecule has 0 aliphatic carbocycles. The molecule has 0 spiro atoms. The molecule has 0 bridgehead atoms. The molecule has 18 heavy (non-hydrogen) atoms. The molecule has 2 N–H and O–H groups in total.